The summed E-state index contributed by atoms with van der Waals surface area (Å²) in [6, 6.07) is 3.28. The molecule has 0 heterocycles. The molecule has 0 bridgehead atoms. The van der Waals surface area contributed by atoms with Crippen LogP contribution < -0.4 is 4.74 Å². The second-order valence-corrected chi connectivity index (χ2v) is 4.11. The van der Waals surface area contributed by atoms with Gasteiger partial charge in [-0.05, 0) is 31.5 Å². The monoisotopic (exact) mass is 292 g/mol. The Labute approximate surface area is 114 Å². The van der Waals surface area contributed by atoms with E-state index in [9.17, 15) is 23.1 Å². The normalized spacial score (nSPS) is 14.6. The van der Waals surface area contributed by atoms with E-state index in [1.165, 1.54) is 27.0 Å². The van der Waals surface area contributed by atoms with E-state index in [-0.39, 0.29) is 6.61 Å². The third kappa shape index (κ3) is 2.72. The molecule has 0 saturated carbocycles. The zero-order chi connectivity index (χ0) is 15.6. The van der Waals surface area contributed by atoms with Gasteiger partial charge in [-0.1, -0.05) is 6.07 Å². The zero-order valence-electron chi connectivity index (χ0n) is 11.2. The summed E-state index contributed by atoms with van der Waals surface area (Å²) in [5.41, 5.74) is -3.95. The molecule has 0 saturated heterocycles. The van der Waals surface area contributed by atoms with Gasteiger partial charge in [-0.2, -0.15) is 13.2 Å². The van der Waals surface area contributed by atoms with Gasteiger partial charge in [0.2, 0.25) is 0 Å². The van der Waals surface area contributed by atoms with E-state index in [1.54, 1.807) is 0 Å². The standard InChI is InChI=1S/C13H15F3O4/c1-4-20-11(17)12(18,13(14,15)16)9-5-6-10(19-3)8(2)7-9/h5-7,18H,4H2,1-3H3/t12-/m1/s1. The molecule has 0 radical (unpaired) electrons. The fourth-order valence-electron chi connectivity index (χ4n) is 1.74. The molecule has 4 nitrogen and oxygen atoms in total. The minimum atomic E-state index is -5.19. The van der Waals surface area contributed by atoms with Crippen molar-refractivity contribution in [2.75, 3.05) is 13.7 Å². The lowest BCUT2D eigenvalue weighted by molar-refractivity contribution is -0.267. The molecule has 0 aliphatic rings. The summed E-state index contributed by atoms with van der Waals surface area (Å²) in [5.74, 6) is -1.40. The Morgan fingerprint density at radius 1 is 1.35 bits per heavy atom. The maximum Gasteiger partial charge on any atom is 0.432 e. The van der Waals surface area contributed by atoms with Gasteiger partial charge in [0.25, 0.3) is 5.60 Å². The first kappa shape index (κ1) is 16.3. The van der Waals surface area contributed by atoms with Crippen LogP contribution in [0.25, 0.3) is 0 Å². The van der Waals surface area contributed by atoms with Crippen LogP contribution in [0.2, 0.25) is 0 Å². The predicted molar refractivity (Wildman–Crippen MR) is 64.3 cm³/mol. The van der Waals surface area contributed by atoms with Crippen molar-refractivity contribution in [3.05, 3.63) is 29.3 Å². The molecule has 1 rings (SSSR count). The number of ether oxygens (including phenoxy) is 2. The zero-order valence-corrected chi connectivity index (χ0v) is 11.2. The SMILES string of the molecule is CCOC(=O)[C@](O)(c1ccc(OC)c(C)c1)C(F)(F)F. The van der Waals surface area contributed by atoms with Crippen LogP contribution in [0, 0.1) is 6.92 Å². The number of hydrogen-bond donors (Lipinski definition) is 1. The molecule has 0 aliphatic heterocycles. The van der Waals surface area contributed by atoms with E-state index < -0.39 is 23.3 Å². The first-order valence-corrected chi connectivity index (χ1v) is 5.79. The van der Waals surface area contributed by atoms with Crippen molar-refractivity contribution in [1.82, 2.24) is 0 Å². The number of aliphatic hydroxyl groups is 1. The summed E-state index contributed by atoms with van der Waals surface area (Å²) < 4.78 is 48.6. The van der Waals surface area contributed by atoms with Gasteiger partial charge in [-0.3, -0.25) is 0 Å². The van der Waals surface area contributed by atoms with E-state index in [1.807, 2.05) is 0 Å². The van der Waals surface area contributed by atoms with Crippen LogP contribution in [0.15, 0.2) is 18.2 Å². The number of alkyl halides is 3. The van der Waals surface area contributed by atoms with Crippen LogP contribution >= 0.6 is 0 Å². The van der Waals surface area contributed by atoms with Crippen molar-refractivity contribution in [3.8, 4) is 5.75 Å². The minimum Gasteiger partial charge on any atom is -0.496 e. The Hall–Kier alpha value is -1.76. The lowest BCUT2D eigenvalue weighted by Gasteiger charge is -2.28. The number of rotatable bonds is 4. The number of hydrogen-bond acceptors (Lipinski definition) is 4. The van der Waals surface area contributed by atoms with Gasteiger partial charge in [0.05, 0.1) is 13.7 Å². The van der Waals surface area contributed by atoms with Crippen molar-refractivity contribution in [2.24, 2.45) is 0 Å². The van der Waals surface area contributed by atoms with Crippen molar-refractivity contribution in [1.29, 1.82) is 0 Å². The number of esters is 1. The van der Waals surface area contributed by atoms with Gasteiger partial charge in [0.1, 0.15) is 5.75 Å². The number of carbonyl (C=O) groups excluding carboxylic acids is 1. The average molecular weight is 292 g/mol. The highest BCUT2D eigenvalue weighted by atomic mass is 19.4. The van der Waals surface area contributed by atoms with Crippen LogP contribution in [0.1, 0.15) is 18.1 Å². The number of aryl methyl sites for hydroxylation is 1. The highest BCUT2D eigenvalue weighted by Crippen LogP contribution is 2.41. The fraction of sp³-hybridized carbons (Fsp3) is 0.462. The van der Waals surface area contributed by atoms with E-state index in [0.29, 0.717) is 11.3 Å². The molecular formula is C13H15F3O4. The molecular weight excluding hydrogens is 277 g/mol. The maximum atomic E-state index is 13.1. The van der Waals surface area contributed by atoms with Gasteiger partial charge in [0.15, 0.2) is 0 Å². The van der Waals surface area contributed by atoms with Crippen LogP contribution in [-0.4, -0.2) is 31.0 Å². The second-order valence-electron chi connectivity index (χ2n) is 4.11. The largest absolute Gasteiger partial charge is 0.496 e. The molecule has 0 amide bonds. The van der Waals surface area contributed by atoms with Crippen molar-refractivity contribution in [2.45, 2.75) is 25.6 Å². The topological polar surface area (TPSA) is 55.8 Å². The molecule has 0 unspecified atom stereocenters. The van der Waals surface area contributed by atoms with E-state index in [0.717, 1.165) is 12.1 Å². The van der Waals surface area contributed by atoms with E-state index >= 15 is 0 Å². The third-order valence-electron chi connectivity index (χ3n) is 2.79. The Kier molecular flexibility index (Phi) is 4.65. The summed E-state index contributed by atoms with van der Waals surface area (Å²) >= 11 is 0. The molecule has 0 aliphatic carbocycles. The van der Waals surface area contributed by atoms with Gasteiger partial charge in [-0.25, -0.2) is 4.79 Å². The molecule has 112 valence electrons. The first-order valence-electron chi connectivity index (χ1n) is 5.79. The fourth-order valence-corrected chi connectivity index (χ4v) is 1.74. The Morgan fingerprint density at radius 2 is 1.95 bits per heavy atom. The average Bonchev–Trinajstić information content (AvgIpc) is 2.36. The molecule has 7 heteroatoms. The predicted octanol–water partition coefficient (Wildman–Crippen LogP) is 2.32. The summed E-state index contributed by atoms with van der Waals surface area (Å²) in [6.07, 6.45) is -5.19. The van der Waals surface area contributed by atoms with Gasteiger partial charge < -0.3 is 14.6 Å². The summed E-state index contributed by atoms with van der Waals surface area (Å²) in [4.78, 5) is 11.6. The highest BCUT2D eigenvalue weighted by molar-refractivity contribution is 5.82. The number of halogens is 3. The summed E-state index contributed by atoms with van der Waals surface area (Å²) in [6.45, 7) is 2.59. The first-order chi connectivity index (χ1) is 9.18. The lowest BCUT2D eigenvalue weighted by Crippen LogP contribution is -2.50. The molecule has 0 spiro atoms. The Bertz CT molecular complexity index is 499. The van der Waals surface area contributed by atoms with Crippen molar-refractivity contribution >= 4 is 5.97 Å². The van der Waals surface area contributed by atoms with E-state index in [4.69, 9.17) is 4.74 Å². The van der Waals surface area contributed by atoms with Crippen molar-refractivity contribution in [3.63, 3.8) is 0 Å². The molecule has 1 aromatic carbocycles. The third-order valence-corrected chi connectivity index (χ3v) is 2.79. The molecule has 0 aromatic heterocycles. The van der Waals surface area contributed by atoms with Crippen LogP contribution in [-0.2, 0) is 15.1 Å². The quantitative estimate of drug-likeness (QED) is 0.865. The molecule has 20 heavy (non-hydrogen) atoms. The maximum absolute atomic E-state index is 13.1. The van der Waals surface area contributed by atoms with E-state index in [2.05, 4.69) is 4.74 Å². The lowest BCUT2D eigenvalue weighted by atomic mass is 9.91. The van der Waals surface area contributed by atoms with Gasteiger partial charge in [-0.15, -0.1) is 0 Å². The van der Waals surface area contributed by atoms with Crippen LogP contribution in [0.5, 0.6) is 5.75 Å². The van der Waals surface area contributed by atoms with Crippen LogP contribution in [0.4, 0.5) is 13.2 Å². The summed E-state index contributed by atoms with van der Waals surface area (Å²) in [5, 5.41) is 9.87. The number of benzene rings is 1. The van der Waals surface area contributed by atoms with Crippen molar-refractivity contribution < 1.29 is 32.5 Å². The Balaban J connectivity index is 3.39. The van der Waals surface area contributed by atoms with Gasteiger partial charge >= 0.3 is 12.1 Å². The second kappa shape index (κ2) is 5.70. The molecule has 1 N–H and O–H groups in total. The van der Waals surface area contributed by atoms with Gasteiger partial charge in [0, 0.05) is 5.56 Å². The molecule has 1 aromatic rings. The molecule has 1 atom stereocenters. The number of carbonyl (C=O) groups is 1. The minimum absolute atomic E-state index is 0.271. The number of methoxy groups -OCH3 is 1. The van der Waals surface area contributed by atoms with Crippen LogP contribution in [0.3, 0.4) is 0 Å². The smallest absolute Gasteiger partial charge is 0.432 e. The summed E-state index contributed by atoms with van der Waals surface area (Å²) in [7, 11) is 1.36. The molecule has 0 fully saturated rings. The Morgan fingerprint density at radius 3 is 2.35 bits per heavy atom. The highest BCUT2D eigenvalue weighted by Gasteiger charge is 2.62.